The van der Waals surface area contributed by atoms with Gasteiger partial charge < -0.3 is 19.2 Å². The number of hydrogen-bond donors (Lipinski definition) is 2. The summed E-state index contributed by atoms with van der Waals surface area (Å²) >= 11 is 0. The van der Waals surface area contributed by atoms with Crippen molar-refractivity contribution in [1.82, 2.24) is 9.55 Å². The van der Waals surface area contributed by atoms with Crippen LogP contribution in [0.25, 0.3) is 11.0 Å². The highest BCUT2D eigenvalue weighted by Gasteiger charge is 2.17. The summed E-state index contributed by atoms with van der Waals surface area (Å²) in [7, 11) is 0. The predicted octanol–water partition coefficient (Wildman–Crippen LogP) is 2.43. The van der Waals surface area contributed by atoms with Gasteiger partial charge in [-0.05, 0) is 37.3 Å². The number of carboxylic acids is 1. The number of imidazole rings is 1. The lowest BCUT2D eigenvalue weighted by Gasteiger charge is -2.09. The van der Waals surface area contributed by atoms with E-state index in [1.54, 1.807) is 25.3 Å². The van der Waals surface area contributed by atoms with E-state index in [2.05, 4.69) is 4.98 Å². The summed E-state index contributed by atoms with van der Waals surface area (Å²) in [5.41, 5.74) is 1.46. The SMILES string of the molecule is CC(O)c1nc2cc(C(=O)O)ccc2n1Cc1ccco1. The molecule has 3 rings (SSSR count). The fraction of sp³-hybridized carbons (Fsp3) is 0.200. The molecule has 1 aromatic carbocycles. The fourth-order valence-electron chi connectivity index (χ4n) is 2.32. The molecule has 0 saturated carbocycles. The number of aromatic carboxylic acids is 1. The standard InChI is InChI=1S/C15H14N2O4/c1-9(18)14-16-12-7-10(15(19)20)4-5-13(12)17(14)8-11-3-2-6-21-11/h2-7,9,18H,8H2,1H3,(H,19,20). The first-order valence-corrected chi connectivity index (χ1v) is 6.50. The van der Waals surface area contributed by atoms with Crippen LogP contribution in [0.1, 0.15) is 35.0 Å². The number of benzene rings is 1. The van der Waals surface area contributed by atoms with Crippen LogP contribution in [-0.4, -0.2) is 25.7 Å². The van der Waals surface area contributed by atoms with Gasteiger partial charge in [0.15, 0.2) is 0 Å². The van der Waals surface area contributed by atoms with Crippen molar-refractivity contribution < 1.29 is 19.4 Å². The van der Waals surface area contributed by atoms with Crippen molar-refractivity contribution in [3.63, 3.8) is 0 Å². The Morgan fingerprint density at radius 2 is 2.24 bits per heavy atom. The summed E-state index contributed by atoms with van der Waals surface area (Å²) in [4.78, 5) is 15.4. The molecule has 6 heteroatoms. The normalized spacial score (nSPS) is 12.7. The van der Waals surface area contributed by atoms with Gasteiger partial charge in [0.2, 0.25) is 0 Å². The number of carboxylic acid groups (broad SMARTS) is 1. The van der Waals surface area contributed by atoms with E-state index in [4.69, 9.17) is 9.52 Å². The number of fused-ring (bicyclic) bond motifs is 1. The third-order valence-corrected chi connectivity index (χ3v) is 3.29. The second-order valence-corrected chi connectivity index (χ2v) is 4.82. The van der Waals surface area contributed by atoms with Gasteiger partial charge in [-0.2, -0.15) is 0 Å². The summed E-state index contributed by atoms with van der Waals surface area (Å²) in [6, 6.07) is 8.35. The van der Waals surface area contributed by atoms with E-state index < -0.39 is 12.1 Å². The molecule has 0 aliphatic heterocycles. The smallest absolute Gasteiger partial charge is 0.335 e. The average molecular weight is 286 g/mol. The van der Waals surface area contributed by atoms with Crippen LogP contribution < -0.4 is 0 Å². The van der Waals surface area contributed by atoms with Crippen LogP contribution in [0.5, 0.6) is 0 Å². The first-order valence-electron chi connectivity index (χ1n) is 6.50. The number of aliphatic hydroxyl groups excluding tert-OH is 1. The molecule has 1 unspecified atom stereocenters. The summed E-state index contributed by atoms with van der Waals surface area (Å²) in [5.74, 6) is 0.207. The maximum atomic E-state index is 11.0. The molecule has 0 amide bonds. The summed E-state index contributed by atoms with van der Waals surface area (Å²) < 4.78 is 7.15. The third-order valence-electron chi connectivity index (χ3n) is 3.29. The van der Waals surface area contributed by atoms with Crippen LogP contribution in [0.15, 0.2) is 41.0 Å². The second-order valence-electron chi connectivity index (χ2n) is 4.82. The number of aliphatic hydroxyl groups is 1. The molecule has 2 heterocycles. The minimum Gasteiger partial charge on any atom is -0.478 e. The van der Waals surface area contributed by atoms with Crippen LogP contribution in [0, 0.1) is 0 Å². The van der Waals surface area contributed by atoms with E-state index in [1.807, 2.05) is 10.6 Å². The van der Waals surface area contributed by atoms with Crippen LogP contribution in [0.4, 0.5) is 0 Å². The molecule has 0 radical (unpaired) electrons. The van der Waals surface area contributed by atoms with Crippen molar-refractivity contribution in [2.45, 2.75) is 19.6 Å². The number of aromatic nitrogens is 2. The van der Waals surface area contributed by atoms with Crippen LogP contribution in [0.3, 0.4) is 0 Å². The zero-order valence-corrected chi connectivity index (χ0v) is 11.4. The van der Waals surface area contributed by atoms with Crippen LogP contribution in [0.2, 0.25) is 0 Å². The van der Waals surface area contributed by atoms with Gasteiger partial charge in [-0.3, -0.25) is 0 Å². The highest BCUT2D eigenvalue weighted by Crippen LogP contribution is 2.23. The van der Waals surface area contributed by atoms with Gasteiger partial charge in [0.25, 0.3) is 0 Å². The van der Waals surface area contributed by atoms with E-state index in [9.17, 15) is 9.90 Å². The zero-order chi connectivity index (χ0) is 15.0. The van der Waals surface area contributed by atoms with Crippen molar-refractivity contribution in [2.75, 3.05) is 0 Å². The minimum atomic E-state index is -1.00. The minimum absolute atomic E-state index is 0.169. The Morgan fingerprint density at radius 1 is 1.43 bits per heavy atom. The Labute approximate surface area is 120 Å². The predicted molar refractivity (Wildman–Crippen MR) is 75.1 cm³/mol. The molecule has 0 spiro atoms. The molecule has 1 atom stereocenters. The lowest BCUT2D eigenvalue weighted by Crippen LogP contribution is -2.07. The molecule has 6 nitrogen and oxygen atoms in total. The molecule has 3 aromatic rings. The average Bonchev–Trinajstić information content (AvgIpc) is 3.06. The Hall–Kier alpha value is -2.60. The van der Waals surface area contributed by atoms with Crippen molar-refractivity contribution >= 4 is 17.0 Å². The molecule has 0 aliphatic carbocycles. The molecule has 0 bridgehead atoms. The summed E-state index contributed by atoms with van der Waals surface area (Å²) in [6.07, 6.45) is 0.819. The van der Waals surface area contributed by atoms with E-state index in [0.29, 0.717) is 17.9 Å². The Morgan fingerprint density at radius 3 is 2.86 bits per heavy atom. The second kappa shape index (κ2) is 5.06. The molecular formula is C15H14N2O4. The first-order chi connectivity index (χ1) is 10.1. The monoisotopic (exact) mass is 286 g/mol. The van der Waals surface area contributed by atoms with E-state index >= 15 is 0 Å². The Balaban J connectivity index is 2.15. The highest BCUT2D eigenvalue weighted by atomic mass is 16.4. The molecule has 2 aromatic heterocycles. The van der Waals surface area contributed by atoms with Crippen molar-refractivity contribution in [2.24, 2.45) is 0 Å². The van der Waals surface area contributed by atoms with Crippen LogP contribution in [-0.2, 0) is 6.54 Å². The first kappa shape index (κ1) is 13.4. The quantitative estimate of drug-likeness (QED) is 0.769. The van der Waals surface area contributed by atoms with Gasteiger partial charge in [0.1, 0.15) is 17.7 Å². The van der Waals surface area contributed by atoms with Gasteiger partial charge in [0.05, 0.1) is 29.4 Å². The zero-order valence-electron chi connectivity index (χ0n) is 11.4. The molecule has 0 aliphatic rings. The van der Waals surface area contributed by atoms with E-state index in [-0.39, 0.29) is 5.56 Å². The maximum absolute atomic E-state index is 11.0. The molecule has 21 heavy (non-hydrogen) atoms. The van der Waals surface area contributed by atoms with Crippen molar-refractivity contribution in [1.29, 1.82) is 0 Å². The molecule has 0 fully saturated rings. The Kier molecular flexibility index (Phi) is 3.23. The van der Waals surface area contributed by atoms with E-state index in [0.717, 1.165) is 11.3 Å². The van der Waals surface area contributed by atoms with Gasteiger partial charge in [-0.25, -0.2) is 9.78 Å². The summed E-state index contributed by atoms with van der Waals surface area (Å²) in [6.45, 7) is 2.05. The topological polar surface area (TPSA) is 88.5 Å². The third kappa shape index (κ3) is 2.41. The lowest BCUT2D eigenvalue weighted by atomic mass is 10.2. The number of furan rings is 1. The molecule has 0 saturated heterocycles. The van der Waals surface area contributed by atoms with Gasteiger partial charge in [-0.15, -0.1) is 0 Å². The molecule has 2 N–H and O–H groups in total. The van der Waals surface area contributed by atoms with Crippen molar-refractivity contribution in [3.8, 4) is 0 Å². The van der Waals surface area contributed by atoms with Gasteiger partial charge >= 0.3 is 5.97 Å². The highest BCUT2D eigenvalue weighted by molar-refractivity contribution is 5.92. The van der Waals surface area contributed by atoms with Gasteiger partial charge in [0, 0.05) is 0 Å². The lowest BCUT2D eigenvalue weighted by molar-refractivity contribution is 0.0697. The van der Waals surface area contributed by atoms with E-state index in [1.165, 1.54) is 12.1 Å². The molecular weight excluding hydrogens is 272 g/mol. The summed E-state index contributed by atoms with van der Waals surface area (Å²) in [5, 5.41) is 18.9. The maximum Gasteiger partial charge on any atom is 0.335 e. The van der Waals surface area contributed by atoms with Gasteiger partial charge in [-0.1, -0.05) is 0 Å². The number of nitrogens with zero attached hydrogens (tertiary/aromatic N) is 2. The number of hydrogen-bond acceptors (Lipinski definition) is 4. The Bertz CT molecular complexity index is 787. The van der Waals surface area contributed by atoms with Crippen LogP contribution >= 0.6 is 0 Å². The fourth-order valence-corrected chi connectivity index (χ4v) is 2.32. The molecule has 108 valence electrons. The van der Waals surface area contributed by atoms with Crippen molar-refractivity contribution in [3.05, 3.63) is 53.7 Å². The number of rotatable bonds is 4. The number of carbonyl (C=O) groups is 1. The largest absolute Gasteiger partial charge is 0.478 e.